The first-order valence-electron chi connectivity index (χ1n) is 9.65. The number of anilines is 2. The van der Waals surface area contributed by atoms with E-state index in [0.717, 1.165) is 23.4 Å². The van der Waals surface area contributed by atoms with E-state index in [1.165, 1.54) is 6.92 Å². The van der Waals surface area contributed by atoms with Crippen LogP contribution in [-0.4, -0.2) is 48.1 Å². The number of nitrogens with zero attached hydrogens (tertiary/aromatic N) is 3. The summed E-state index contributed by atoms with van der Waals surface area (Å²) >= 11 is 0. The lowest BCUT2D eigenvalue weighted by molar-refractivity contribution is -0.116. The fourth-order valence-corrected chi connectivity index (χ4v) is 5.92. The minimum absolute atomic E-state index is 0.00598. The largest absolute Gasteiger partial charge is 0.319 e. The molecule has 0 radical (unpaired) electrons. The third kappa shape index (κ3) is 3.55. The molecule has 154 valence electrons. The Morgan fingerprint density at radius 2 is 2.00 bits per heavy atom. The van der Waals surface area contributed by atoms with Gasteiger partial charge >= 0.3 is 0 Å². The molecule has 1 saturated heterocycles. The number of carbonyl (C=O) groups excluding carboxylic acids is 2. The number of aromatic nitrogens is 2. The number of aryl methyl sites for hydroxylation is 1. The molecule has 2 aliphatic heterocycles. The minimum Gasteiger partial charge on any atom is -0.319 e. The summed E-state index contributed by atoms with van der Waals surface area (Å²) in [5.74, 6) is -0.00313. The van der Waals surface area contributed by atoms with Crippen molar-refractivity contribution in [2.45, 2.75) is 39.7 Å². The van der Waals surface area contributed by atoms with E-state index in [1.54, 1.807) is 22.6 Å². The van der Waals surface area contributed by atoms with Gasteiger partial charge in [-0.2, -0.15) is 5.10 Å². The molecule has 1 N–H and O–H groups in total. The van der Waals surface area contributed by atoms with Gasteiger partial charge in [0.1, 0.15) is 0 Å². The van der Waals surface area contributed by atoms with Gasteiger partial charge in [-0.3, -0.25) is 14.3 Å². The number of fused-ring (bicyclic) bond motifs is 1. The molecular formula is C20H24N4O4S. The summed E-state index contributed by atoms with van der Waals surface area (Å²) in [6.45, 7) is 5.81. The molecule has 8 nitrogen and oxygen atoms in total. The summed E-state index contributed by atoms with van der Waals surface area (Å²) < 4.78 is 25.3. The number of nitrogens with one attached hydrogen (secondary N) is 1. The zero-order valence-corrected chi connectivity index (χ0v) is 17.5. The SMILES string of the molecule is CC(=O)N1CCc2cc(C(=O)Nc3c(C)nn(C4CCS(=O)(=O)C4)c3C)ccc21. The molecule has 0 aliphatic carbocycles. The van der Waals surface area contributed by atoms with E-state index < -0.39 is 9.84 Å². The van der Waals surface area contributed by atoms with Gasteiger partial charge in [0.25, 0.3) is 5.91 Å². The molecule has 0 spiro atoms. The molecule has 0 bridgehead atoms. The standard InChI is InChI=1S/C20H24N4O4S/c1-12-19(13(2)24(22-12)17-7-9-29(27,28)11-17)21-20(26)16-4-5-18-15(10-16)6-8-23(18)14(3)25/h4-5,10,17H,6-9,11H2,1-3H3,(H,21,26). The van der Waals surface area contributed by atoms with Crippen molar-refractivity contribution in [3.63, 3.8) is 0 Å². The van der Waals surface area contributed by atoms with Crippen LogP contribution in [0.2, 0.25) is 0 Å². The van der Waals surface area contributed by atoms with Crippen LogP contribution in [0.3, 0.4) is 0 Å². The maximum absolute atomic E-state index is 12.8. The molecule has 0 saturated carbocycles. The quantitative estimate of drug-likeness (QED) is 0.825. The molecule has 2 amide bonds. The molecule has 2 aliphatic rings. The van der Waals surface area contributed by atoms with Crippen molar-refractivity contribution in [2.75, 3.05) is 28.3 Å². The third-order valence-corrected chi connectivity index (χ3v) is 7.49. The van der Waals surface area contributed by atoms with E-state index in [0.29, 0.717) is 29.9 Å². The lowest BCUT2D eigenvalue weighted by atomic mass is 10.1. The van der Waals surface area contributed by atoms with Gasteiger partial charge in [-0.05, 0) is 50.5 Å². The second-order valence-corrected chi connectivity index (χ2v) is 9.99. The smallest absolute Gasteiger partial charge is 0.255 e. The highest BCUT2D eigenvalue weighted by Gasteiger charge is 2.32. The van der Waals surface area contributed by atoms with E-state index in [4.69, 9.17) is 0 Å². The zero-order valence-electron chi connectivity index (χ0n) is 16.7. The summed E-state index contributed by atoms with van der Waals surface area (Å²) in [6, 6.07) is 5.16. The number of carbonyl (C=O) groups is 2. The van der Waals surface area contributed by atoms with Gasteiger partial charge in [-0.25, -0.2) is 8.42 Å². The number of hydrogen-bond acceptors (Lipinski definition) is 5. The zero-order chi connectivity index (χ0) is 20.9. The number of amides is 2. The first-order chi connectivity index (χ1) is 13.7. The Morgan fingerprint density at radius 1 is 1.24 bits per heavy atom. The van der Waals surface area contributed by atoms with E-state index >= 15 is 0 Å². The molecule has 1 fully saturated rings. The highest BCUT2D eigenvalue weighted by atomic mass is 32.2. The Kier molecular flexibility index (Phi) is 4.72. The molecule has 1 atom stereocenters. The number of sulfone groups is 1. The van der Waals surface area contributed by atoms with Crippen LogP contribution in [0.1, 0.15) is 46.7 Å². The van der Waals surface area contributed by atoms with E-state index in [2.05, 4.69) is 10.4 Å². The van der Waals surface area contributed by atoms with Crippen LogP contribution in [0.5, 0.6) is 0 Å². The lowest BCUT2D eigenvalue weighted by Crippen LogP contribution is -2.25. The normalized spacial score (nSPS) is 20.0. The predicted molar refractivity (Wildman–Crippen MR) is 110 cm³/mol. The molecule has 3 heterocycles. The second-order valence-electron chi connectivity index (χ2n) is 7.77. The number of benzene rings is 1. The maximum atomic E-state index is 12.8. The number of hydrogen-bond donors (Lipinski definition) is 1. The summed E-state index contributed by atoms with van der Waals surface area (Å²) in [4.78, 5) is 26.3. The summed E-state index contributed by atoms with van der Waals surface area (Å²) in [6.07, 6.45) is 1.26. The summed E-state index contributed by atoms with van der Waals surface area (Å²) in [7, 11) is -3.02. The first kappa shape index (κ1) is 19.6. The van der Waals surface area contributed by atoms with Crippen molar-refractivity contribution in [3.05, 3.63) is 40.7 Å². The highest BCUT2D eigenvalue weighted by Crippen LogP contribution is 2.31. The Morgan fingerprint density at radius 3 is 2.66 bits per heavy atom. The van der Waals surface area contributed by atoms with Crippen molar-refractivity contribution >= 4 is 33.0 Å². The Bertz CT molecular complexity index is 1120. The molecule has 2 aromatic rings. The van der Waals surface area contributed by atoms with Gasteiger partial charge in [-0.15, -0.1) is 0 Å². The molecule has 4 rings (SSSR count). The van der Waals surface area contributed by atoms with Gasteiger partial charge < -0.3 is 10.2 Å². The van der Waals surface area contributed by atoms with Gasteiger partial charge in [0.15, 0.2) is 9.84 Å². The number of rotatable bonds is 3. The van der Waals surface area contributed by atoms with Crippen LogP contribution in [0.4, 0.5) is 11.4 Å². The molecule has 1 aromatic carbocycles. The van der Waals surface area contributed by atoms with Crippen LogP contribution < -0.4 is 10.2 Å². The van der Waals surface area contributed by atoms with Gasteiger partial charge in [-0.1, -0.05) is 0 Å². The minimum atomic E-state index is -3.02. The maximum Gasteiger partial charge on any atom is 0.255 e. The van der Waals surface area contributed by atoms with Crippen LogP contribution >= 0.6 is 0 Å². The Balaban J connectivity index is 1.56. The van der Waals surface area contributed by atoms with Crippen LogP contribution in [-0.2, 0) is 21.1 Å². The molecule has 9 heteroatoms. The second kappa shape index (κ2) is 6.98. The van der Waals surface area contributed by atoms with Crippen molar-refractivity contribution in [3.8, 4) is 0 Å². The van der Waals surface area contributed by atoms with Crippen molar-refractivity contribution in [1.29, 1.82) is 0 Å². The fraction of sp³-hybridized carbons (Fsp3) is 0.450. The van der Waals surface area contributed by atoms with Crippen LogP contribution in [0, 0.1) is 13.8 Å². The monoisotopic (exact) mass is 416 g/mol. The highest BCUT2D eigenvalue weighted by molar-refractivity contribution is 7.91. The van der Waals surface area contributed by atoms with Gasteiger partial charge in [0, 0.05) is 24.7 Å². The van der Waals surface area contributed by atoms with Crippen molar-refractivity contribution < 1.29 is 18.0 Å². The van der Waals surface area contributed by atoms with E-state index in [1.807, 2.05) is 19.1 Å². The lowest BCUT2D eigenvalue weighted by Gasteiger charge is -2.15. The molecular weight excluding hydrogens is 392 g/mol. The third-order valence-electron chi connectivity index (χ3n) is 5.74. The average Bonchev–Trinajstić information content (AvgIpc) is 3.32. The molecule has 29 heavy (non-hydrogen) atoms. The molecule has 1 unspecified atom stereocenters. The van der Waals surface area contributed by atoms with E-state index in [9.17, 15) is 18.0 Å². The first-order valence-corrected chi connectivity index (χ1v) is 11.5. The Hall–Kier alpha value is -2.68. The summed E-state index contributed by atoms with van der Waals surface area (Å²) in [5.41, 5.74) is 4.38. The molecule has 1 aromatic heterocycles. The van der Waals surface area contributed by atoms with Gasteiger partial charge in [0.05, 0.1) is 34.6 Å². The van der Waals surface area contributed by atoms with E-state index in [-0.39, 0.29) is 29.4 Å². The Labute approximate surface area is 169 Å². The predicted octanol–water partition coefficient (Wildman–Crippen LogP) is 2.02. The van der Waals surface area contributed by atoms with Crippen molar-refractivity contribution in [1.82, 2.24) is 9.78 Å². The topological polar surface area (TPSA) is 101 Å². The van der Waals surface area contributed by atoms with Crippen LogP contribution in [0.15, 0.2) is 18.2 Å². The van der Waals surface area contributed by atoms with Gasteiger partial charge in [0.2, 0.25) is 5.91 Å². The fourth-order valence-electron chi connectivity index (χ4n) is 4.22. The van der Waals surface area contributed by atoms with Crippen LogP contribution in [0.25, 0.3) is 0 Å². The average molecular weight is 417 g/mol. The van der Waals surface area contributed by atoms with Crippen molar-refractivity contribution in [2.24, 2.45) is 0 Å². The summed E-state index contributed by atoms with van der Waals surface area (Å²) in [5, 5.41) is 7.42.